The molecule has 0 saturated carbocycles. The molecule has 0 bridgehead atoms. The van der Waals surface area contributed by atoms with E-state index >= 15 is 0 Å². The van der Waals surface area contributed by atoms with E-state index in [9.17, 15) is 14.9 Å². The molecular weight excluding hydrogens is 330 g/mol. The number of furan rings is 1. The Hall–Kier alpha value is -3.62. The molecule has 0 amide bonds. The van der Waals surface area contributed by atoms with Crippen molar-refractivity contribution in [3.63, 3.8) is 0 Å². The Morgan fingerprint density at radius 1 is 1.32 bits per heavy atom. The second kappa shape index (κ2) is 6.87. The number of anilines is 1. The molecule has 2 aromatic heterocycles. The van der Waals surface area contributed by atoms with E-state index in [-0.39, 0.29) is 17.9 Å². The van der Waals surface area contributed by atoms with Crippen LogP contribution >= 0.6 is 0 Å². The Kier molecular flexibility index (Phi) is 4.46. The van der Waals surface area contributed by atoms with Crippen molar-refractivity contribution in [2.24, 2.45) is 0 Å². The number of esters is 1. The highest BCUT2D eigenvalue weighted by Gasteiger charge is 2.18. The summed E-state index contributed by atoms with van der Waals surface area (Å²) in [5.74, 6) is 0.194. The van der Waals surface area contributed by atoms with Gasteiger partial charge in [0.05, 0.1) is 16.7 Å². The first-order valence-corrected chi connectivity index (χ1v) is 7.21. The third kappa shape index (κ3) is 3.50. The number of nitro benzene ring substituents is 1. The van der Waals surface area contributed by atoms with Gasteiger partial charge in [0.25, 0.3) is 5.69 Å². The first-order valence-electron chi connectivity index (χ1n) is 7.21. The lowest BCUT2D eigenvalue weighted by Gasteiger charge is -2.08. The van der Waals surface area contributed by atoms with Gasteiger partial charge in [-0.3, -0.25) is 10.1 Å². The minimum Gasteiger partial charge on any atom is -0.461 e. The lowest BCUT2D eigenvalue weighted by molar-refractivity contribution is -0.384. The molecule has 0 aliphatic carbocycles. The number of rotatable bonds is 6. The zero-order chi connectivity index (χ0) is 17.8. The van der Waals surface area contributed by atoms with Crippen molar-refractivity contribution in [3.8, 4) is 11.5 Å². The number of hydrogen-bond donors (Lipinski definition) is 1. The predicted molar refractivity (Wildman–Crippen MR) is 86.0 cm³/mol. The van der Waals surface area contributed by atoms with Crippen molar-refractivity contribution in [2.45, 2.75) is 6.61 Å². The van der Waals surface area contributed by atoms with Crippen LogP contribution in [0.25, 0.3) is 11.5 Å². The van der Waals surface area contributed by atoms with E-state index in [0.29, 0.717) is 22.9 Å². The number of nitro groups is 1. The number of nitrogens with zero attached hydrogens (tertiary/aromatic N) is 2. The first-order chi connectivity index (χ1) is 12.1. The summed E-state index contributed by atoms with van der Waals surface area (Å²) < 4.78 is 15.5. The molecule has 128 valence electrons. The fourth-order valence-corrected chi connectivity index (χ4v) is 2.16. The average Bonchev–Trinajstić information content (AvgIpc) is 3.30. The van der Waals surface area contributed by atoms with Crippen molar-refractivity contribution in [1.82, 2.24) is 5.16 Å². The Morgan fingerprint density at radius 3 is 2.84 bits per heavy atom. The molecule has 0 aliphatic rings. The normalized spacial score (nSPS) is 10.4. The van der Waals surface area contributed by atoms with E-state index in [0.717, 1.165) is 6.07 Å². The molecule has 9 nitrogen and oxygen atoms in total. The van der Waals surface area contributed by atoms with Crippen LogP contribution in [0.15, 0.2) is 51.6 Å². The van der Waals surface area contributed by atoms with Crippen molar-refractivity contribution >= 4 is 17.3 Å². The van der Waals surface area contributed by atoms with Gasteiger partial charge < -0.3 is 19.0 Å². The van der Waals surface area contributed by atoms with Crippen molar-refractivity contribution in [3.05, 3.63) is 64.0 Å². The zero-order valence-corrected chi connectivity index (χ0v) is 13.1. The maximum Gasteiger partial charge on any atom is 0.340 e. The van der Waals surface area contributed by atoms with E-state index < -0.39 is 10.9 Å². The highest BCUT2D eigenvalue weighted by atomic mass is 16.6. The van der Waals surface area contributed by atoms with E-state index in [1.807, 2.05) is 0 Å². The molecule has 25 heavy (non-hydrogen) atoms. The van der Waals surface area contributed by atoms with Gasteiger partial charge in [0.2, 0.25) is 5.76 Å². The van der Waals surface area contributed by atoms with Crippen LogP contribution in [-0.4, -0.2) is 23.1 Å². The van der Waals surface area contributed by atoms with Gasteiger partial charge in [0.15, 0.2) is 5.76 Å². The standard InChI is InChI=1S/C16H13N3O6/c1-17-13-5-4-11(19(21)22)8-12(13)16(20)24-9-10-7-15(25-18-10)14-3-2-6-23-14/h2-8,17H,9H2,1H3. The monoisotopic (exact) mass is 343 g/mol. The van der Waals surface area contributed by atoms with Gasteiger partial charge in [0, 0.05) is 30.9 Å². The number of aromatic nitrogens is 1. The molecule has 1 aromatic carbocycles. The molecule has 0 atom stereocenters. The Bertz CT molecular complexity index is 900. The minimum absolute atomic E-state index is 0.0615. The minimum atomic E-state index is -0.712. The second-order valence-corrected chi connectivity index (χ2v) is 4.97. The van der Waals surface area contributed by atoms with Gasteiger partial charge in [-0.2, -0.15) is 0 Å². The Balaban J connectivity index is 1.72. The van der Waals surface area contributed by atoms with Crippen LogP contribution < -0.4 is 5.32 Å². The molecule has 9 heteroatoms. The number of hydrogen-bond acceptors (Lipinski definition) is 8. The van der Waals surface area contributed by atoms with Crippen LogP contribution in [0.2, 0.25) is 0 Å². The molecule has 0 radical (unpaired) electrons. The number of nitrogens with one attached hydrogen (secondary N) is 1. The number of carbonyl (C=O) groups excluding carboxylic acids is 1. The molecule has 0 fully saturated rings. The summed E-state index contributed by atoms with van der Waals surface area (Å²) in [5, 5.41) is 17.5. The van der Waals surface area contributed by atoms with Crippen LogP contribution in [0, 0.1) is 10.1 Å². The second-order valence-electron chi connectivity index (χ2n) is 4.97. The highest BCUT2D eigenvalue weighted by molar-refractivity contribution is 5.96. The van der Waals surface area contributed by atoms with Crippen LogP contribution in [0.4, 0.5) is 11.4 Å². The SMILES string of the molecule is CNc1ccc([N+](=O)[O-])cc1C(=O)OCc1cc(-c2ccco2)on1. The van der Waals surface area contributed by atoms with E-state index in [1.54, 1.807) is 25.2 Å². The Labute approximate surface area is 141 Å². The summed E-state index contributed by atoms with van der Waals surface area (Å²) in [4.78, 5) is 22.5. The summed E-state index contributed by atoms with van der Waals surface area (Å²) in [6.07, 6.45) is 1.50. The van der Waals surface area contributed by atoms with Crippen LogP contribution in [0.3, 0.4) is 0 Å². The number of carbonyl (C=O) groups is 1. The number of ether oxygens (including phenoxy) is 1. The van der Waals surface area contributed by atoms with Gasteiger partial charge >= 0.3 is 5.97 Å². The van der Waals surface area contributed by atoms with Gasteiger partial charge in [-0.1, -0.05) is 5.16 Å². The molecule has 1 N–H and O–H groups in total. The highest BCUT2D eigenvalue weighted by Crippen LogP contribution is 2.24. The molecule has 3 aromatic rings. The van der Waals surface area contributed by atoms with E-state index in [2.05, 4.69) is 10.5 Å². The molecular formula is C16H13N3O6. The fourth-order valence-electron chi connectivity index (χ4n) is 2.16. The van der Waals surface area contributed by atoms with Crippen molar-refractivity contribution < 1.29 is 23.4 Å². The number of non-ortho nitro benzene ring substituents is 1. The van der Waals surface area contributed by atoms with Crippen molar-refractivity contribution in [1.29, 1.82) is 0 Å². The quantitative estimate of drug-likeness (QED) is 0.411. The number of benzene rings is 1. The third-order valence-corrected chi connectivity index (χ3v) is 3.38. The molecule has 0 unspecified atom stereocenters. The molecule has 0 saturated heterocycles. The van der Waals surface area contributed by atoms with E-state index in [1.165, 1.54) is 18.4 Å². The van der Waals surface area contributed by atoms with Crippen LogP contribution in [0.5, 0.6) is 0 Å². The summed E-state index contributed by atoms with van der Waals surface area (Å²) in [7, 11) is 1.60. The lowest BCUT2D eigenvalue weighted by atomic mass is 10.1. The summed E-state index contributed by atoms with van der Waals surface area (Å²) in [5.41, 5.74) is 0.669. The third-order valence-electron chi connectivity index (χ3n) is 3.38. The molecule has 2 heterocycles. The Morgan fingerprint density at radius 2 is 2.16 bits per heavy atom. The fraction of sp³-hybridized carbons (Fsp3) is 0.125. The maximum atomic E-state index is 12.2. The van der Waals surface area contributed by atoms with Gasteiger partial charge in [-0.15, -0.1) is 0 Å². The molecule has 3 rings (SSSR count). The first kappa shape index (κ1) is 16.2. The largest absolute Gasteiger partial charge is 0.461 e. The zero-order valence-electron chi connectivity index (χ0n) is 13.1. The van der Waals surface area contributed by atoms with Crippen molar-refractivity contribution in [2.75, 3.05) is 12.4 Å². The topological polar surface area (TPSA) is 121 Å². The lowest BCUT2D eigenvalue weighted by Crippen LogP contribution is -2.09. The average molecular weight is 343 g/mol. The van der Waals surface area contributed by atoms with E-state index in [4.69, 9.17) is 13.7 Å². The smallest absolute Gasteiger partial charge is 0.340 e. The predicted octanol–water partition coefficient (Wildman–Crippen LogP) is 3.24. The van der Waals surface area contributed by atoms with Gasteiger partial charge in [-0.25, -0.2) is 4.79 Å². The maximum absolute atomic E-state index is 12.2. The molecule has 0 aliphatic heterocycles. The van der Waals surface area contributed by atoms with Gasteiger partial charge in [0.1, 0.15) is 12.3 Å². The summed E-state index contributed by atoms with van der Waals surface area (Å²) in [6, 6.07) is 8.90. The summed E-state index contributed by atoms with van der Waals surface area (Å²) in [6.45, 7) is -0.144. The van der Waals surface area contributed by atoms with Gasteiger partial charge in [-0.05, 0) is 18.2 Å². The van der Waals surface area contributed by atoms with Crippen LogP contribution in [-0.2, 0) is 11.3 Å². The summed E-state index contributed by atoms with van der Waals surface area (Å²) >= 11 is 0. The van der Waals surface area contributed by atoms with Crippen LogP contribution in [0.1, 0.15) is 16.1 Å². The molecule has 0 spiro atoms.